The SMILES string of the molecule is CNC(=O)c1cccc(C(NC)C(=O)Nc2ccc(-c3cn[nH]c3)cc2)c1. The fourth-order valence-corrected chi connectivity index (χ4v) is 2.82. The van der Waals surface area contributed by atoms with Gasteiger partial charge in [0.15, 0.2) is 0 Å². The molecule has 1 heterocycles. The lowest BCUT2D eigenvalue weighted by Gasteiger charge is -2.17. The Morgan fingerprint density at radius 2 is 1.81 bits per heavy atom. The number of H-pyrrole nitrogens is 1. The summed E-state index contributed by atoms with van der Waals surface area (Å²) in [6.45, 7) is 0. The van der Waals surface area contributed by atoms with Crippen LogP contribution in [0.25, 0.3) is 11.1 Å². The number of likely N-dealkylation sites (N-methyl/N-ethyl adjacent to an activating group) is 1. The van der Waals surface area contributed by atoms with Crippen molar-refractivity contribution in [1.82, 2.24) is 20.8 Å². The minimum Gasteiger partial charge on any atom is -0.355 e. The standard InChI is InChI=1S/C20H21N5O2/c1-21-18(14-4-3-5-15(10-14)19(26)22-2)20(27)25-17-8-6-13(7-9-17)16-11-23-24-12-16/h3-12,18,21H,1-2H3,(H,22,26)(H,23,24)(H,25,27). The number of hydrogen-bond donors (Lipinski definition) is 4. The summed E-state index contributed by atoms with van der Waals surface area (Å²) in [5, 5.41) is 15.2. The molecule has 0 aliphatic rings. The van der Waals surface area contributed by atoms with E-state index in [-0.39, 0.29) is 11.8 Å². The number of hydrogen-bond acceptors (Lipinski definition) is 4. The molecule has 4 N–H and O–H groups in total. The van der Waals surface area contributed by atoms with Gasteiger partial charge >= 0.3 is 0 Å². The zero-order valence-corrected chi connectivity index (χ0v) is 15.1. The molecule has 0 radical (unpaired) electrons. The largest absolute Gasteiger partial charge is 0.355 e. The number of rotatable bonds is 6. The maximum absolute atomic E-state index is 12.7. The van der Waals surface area contributed by atoms with Gasteiger partial charge in [-0.2, -0.15) is 5.10 Å². The van der Waals surface area contributed by atoms with Gasteiger partial charge in [-0.1, -0.05) is 24.3 Å². The van der Waals surface area contributed by atoms with Crippen LogP contribution in [0.3, 0.4) is 0 Å². The van der Waals surface area contributed by atoms with E-state index >= 15 is 0 Å². The van der Waals surface area contributed by atoms with E-state index in [9.17, 15) is 9.59 Å². The molecule has 7 heteroatoms. The number of aromatic nitrogens is 2. The summed E-state index contributed by atoms with van der Waals surface area (Å²) in [5.41, 5.74) is 3.89. The molecule has 3 rings (SSSR count). The predicted octanol–water partition coefficient (Wildman–Crippen LogP) is 2.34. The fourth-order valence-electron chi connectivity index (χ4n) is 2.82. The summed E-state index contributed by atoms with van der Waals surface area (Å²) in [5.74, 6) is -0.399. The Bertz CT molecular complexity index is 920. The van der Waals surface area contributed by atoms with Crippen LogP contribution in [0.2, 0.25) is 0 Å². The van der Waals surface area contributed by atoms with Crippen LogP contribution in [0.15, 0.2) is 60.9 Å². The third-order valence-electron chi connectivity index (χ3n) is 4.24. The van der Waals surface area contributed by atoms with Crippen LogP contribution in [0.4, 0.5) is 5.69 Å². The molecule has 1 atom stereocenters. The van der Waals surface area contributed by atoms with Gasteiger partial charge in [-0.3, -0.25) is 14.7 Å². The monoisotopic (exact) mass is 363 g/mol. The predicted molar refractivity (Wildman–Crippen MR) is 104 cm³/mol. The Hall–Kier alpha value is -3.45. The average Bonchev–Trinajstić information content (AvgIpc) is 3.23. The van der Waals surface area contributed by atoms with Crippen molar-refractivity contribution >= 4 is 17.5 Å². The van der Waals surface area contributed by atoms with Crippen LogP contribution in [-0.2, 0) is 4.79 Å². The van der Waals surface area contributed by atoms with Crippen LogP contribution in [-0.4, -0.2) is 36.1 Å². The van der Waals surface area contributed by atoms with Gasteiger partial charge in [0.2, 0.25) is 5.91 Å². The van der Waals surface area contributed by atoms with Gasteiger partial charge in [-0.15, -0.1) is 0 Å². The van der Waals surface area contributed by atoms with Gasteiger partial charge in [0.05, 0.1) is 6.20 Å². The first-order valence-electron chi connectivity index (χ1n) is 8.51. The average molecular weight is 363 g/mol. The lowest BCUT2D eigenvalue weighted by molar-refractivity contribution is -0.118. The highest BCUT2D eigenvalue weighted by molar-refractivity contribution is 5.97. The number of nitrogens with zero attached hydrogens (tertiary/aromatic N) is 1. The van der Waals surface area contributed by atoms with Crippen LogP contribution in [0.5, 0.6) is 0 Å². The van der Waals surface area contributed by atoms with Gasteiger partial charge in [0, 0.05) is 30.1 Å². The van der Waals surface area contributed by atoms with Crippen molar-refractivity contribution in [3.8, 4) is 11.1 Å². The molecule has 1 aromatic heterocycles. The summed E-state index contributed by atoms with van der Waals surface area (Å²) >= 11 is 0. The van der Waals surface area contributed by atoms with Crippen LogP contribution in [0, 0.1) is 0 Å². The molecule has 138 valence electrons. The molecule has 1 unspecified atom stereocenters. The van der Waals surface area contributed by atoms with E-state index in [1.54, 1.807) is 38.5 Å². The first-order valence-corrected chi connectivity index (χ1v) is 8.51. The highest BCUT2D eigenvalue weighted by Gasteiger charge is 2.20. The maximum atomic E-state index is 12.7. The number of amides is 2. The lowest BCUT2D eigenvalue weighted by atomic mass is 10.0. The summed E-state index contributed by atoms with van der Waals surface area (Å²) < 4.78 is 0. The summed E-state index contributed by atoms with van der Waals surface area (Å²) in [6, 6.07) is 13.9. The Balaban J connectivity index is 1.75. The van der Waals surface area contributed by atoms with Crippen LogP contribution < -0.4 is 16.0 Å². The van der Waals surface area contributed by atoms with Crippen LogP contribution >= 0.6 is 0 Å². The van der Waals surface area contributed by atoms with Gasteiger partial charge in [-0.25, -0.2) is 0 Å². The zero-order chi connectivity index (χ0) is 19.2. The molecular weight excluding hydrogens is 342 g/mol. The summed E-state index contributed by atoms with van der Waals surface area (Å²) in [7, 11) is 3.28. The van der Waals surface area contributed by atoms with E-state index in [2.05, 4.69) is 26.1 Å². The molecule has 0 bridgehead atoms. The third-order valence-corrected chi connectivity index (χ3v) is 4.24. The zero-order valence-electron chi connectivity index (χ0n) is 15.1. The third kappa shape index (κ3) is 4.21. The topological polar surface area (TPSA) is 98.9 Å². The Labute approximate surface area is 157 Å². The molecule has 7 nitrogen and oxygen atoms in total. The molecular formula is C20H21N5O2. The number of benzene rings is 2. The molecule has 0 saturated heterocycles. The molecule has 0 aliphatic heterocycles. The van der Waals surface area contributed by atoms with Crippen LogP contribution in [0.1, 0.15) is 22.0 Å². The van der Waals surface area contributed by atoms with Crippen molar-refractivity contribution in [3.63, 3.8) is 0 Å². The van der Waals surface area contributed by atoms with Crippen molar-refractivity contribution in [1.29, 1.82) is 0 Å². The number of carbonyl (C=O) groups excluding carboxylic acids is 2. The molecule has 0 saturated carbocycles. The second-order valence-electron chi connectivity index (χ2n) is 5.98. The second kappa shape index (κ2) is 8.29. The normalized spacial score (nSPS) is 11.6. The van der Waals surface area contributed by atoms with Crippen molar-refractivity contribution in [3.05, 3.63) is 72.1 Å². The van der Waals surface area contributed by atoms with E-state index in [4.69, 9.17) is 0 Å². The van der Waals surface area contributed by atoms with E-state index in [1.165, 1.54) is 0 Å². The highest BCUT2D eigenvalue weighted by Crippen LogP contribution is 2.21. The molecule has 0 aliphatic carbocycles. The first-order chi connectivity index (χ1) is 13.1. The maximum Gasteiger partial charge on any atom is 0.251 e. The number of aromatic amines is 1. The minimum absolute atomic E-state index is 0.193. The van der Waals surface area contributed by atoms with Gasteiger partial charge < -0.3 is 16.0 Å². The Morgan fingerprint density at radius 3 is 2.44 bits per heavy atom. The van der Waals surface area contributed by atoms with Gasteiger partial charge in [0.1, 0.15) is 6.04 Å². The molecule has 0 spiro atoms. The quantitative estimate of drug-likeness (QED) is 0.540. The smallest absolute Gasteiger partial charge is 0.251 e. The van der Waals surface area contributed by atoms with Crippen molar-refractivity contribution in [2.75, 3.05) is 19.4 Å². The Kier molecular flexibility index (Phi) is 5.63. The van der Waals surface area contributed by atoms with Gasteiger partial charge in [-0.05, 0) is 42.4 Å². The Morgan fingerprint density at radius 1 is 1.04 bits per heavy atom. The number of carbonyl (C=O) groups is 2. The van der Waals surface area contributed by atoms with Gasteiger partial charge in [0.25, 0.3) is 5.91 Å². The molecule has 27 heavy (non-hydrogen) atoms. The minimum atomic E-state index is -0.580. The molecule has 3 aromatic rings. The fraction of sp³-hybridized carbons (Fsp3) is 0.150. The summed E-state index contributed by atoms with van der Waals surface area (Å²) in [6.07, 6.45) is 3.55. The number of nitrogens with one attached hydrogen (secondary N) is 4. The van der Waals surface area contributed by atoms with Crippen molar-refractivity contribution in [2.24, 2.45) is 0 Å². The van der Waals surface area contributed by atoms with Crippen molar-refractivity contribution < 1.29 is 9.59 Å². The van der Waals surface area contributed by atoms with Crippen molar-refractivity contribution in [2.45, 2.75) is 6.04 Å². The highest BCUT2D eigenvalue weighted by atomic mass is 16.2. The first kappa shape index (κ1) is 18.3. The molecule has 2 amide bonds. The number of anilines is 1. The summed E-state index contributed by atoms with van der Waals surface area (Å²) in [4.78, 5) is 24.5. The second-order valence-corrected chi connectivity index (χ2v) is 5.98. The van der Waals surface area contributed by atoms with E-state index in [0.29, 0.717) is 16.8 Å². The molecule has 0 fully saturated rings. The van der Waals surface area contributed by atoms with E-state index in [1.807, 2.05) is 36.5 Å². The molecule has 2 aromatic carbocycles. The van der Waals surface area contributed by atoms with E-state index < -0.39 is 6.04 Å². The van der Waals surface area contributed by atoms with E-state index in [0.717, 1.165) is 11.1 Å². The lowest BCUT2D eigenvalue weighted by Crippen LogP contribution is -2.31.